The molecule has 130 valence electrons. The monoisotopic (exact) mass is 371 g/mol. The SMILES string of the molecule is CC1c2ccsc2CCN1CCC(=O)Nc1sc2c(c1C#N)CCC2. The molecule has 0 saturated carbocycles. The number of anilines is 1. The van der Waals surface area contributed by atoms with Crippen LogP contribution in [0.3, 0.4) is 0 Å². The first-order chi connectivity index (χ1) is 12.2. The lowest BCUT2D eigenvalue weighted by molar-refractivity contribution is -0.116. The average Bonchev–Trinajstić information content (AvgIpc) is 3.29. The molecule has 2 aromatic heterocycles. The molecule has 1 aliphatic carbocycles. The second-order valence-electron chi connectivity index (χ2n) is 6.73. The van der Waals surface area contributed by atoms with E-state index in [9.17, 15) is 10.1 Å². The number of rotatable bonds is 4. The summed E-state index contributed by atoms with van der Waals surface area (Å²) in [6.45, 7) is 3.99. The molecule has 6 heteroatoms. The number of aryl methyl sites for hydroxylation is 1. The van der Waals surface area contributed by atoms with Gasteiger partial charge in [0.15, 0.2) is 0 Å². The zero-order valence-electron chi connectivity index (χ0n) is 14.3. The first kappa shape index (κ1) is 16.8. The van der Waals surface area contributed by atoms with Gasteiger partial charge in [0.25, 0.3) is 0 Å². The highest BCUT2D eigenvalue weighted by molar-refractivity contribution is 7.16. The molecular weight excluding hydrogens is 350 g/mol. The third-order valence-electron chi connectivity index (χ3n) is 5.32. The van der Waals surface area contributed by atoms with Crippen molar-refractivity contribution in [3.05, 3.63) is 37.9 Å². The molecule has 0 radical (unpaired) electrons. The third kappa shape index (κ3) is 3.12. The van der Waals surface area contributed by atoms with E-state index in [1.807, 2.05) is 11.3 Å². The quantitative estimate of drug-likeness (QED) is 0.880. The standard InChI is InChI=1S/C19H21N3OS2/c1-12-13-7-10-24-16(13)5-8-22(12)9-6-18(23)21-19-15(11-20)14-3-2-4-17(14)25-19/h7,10,12H,2-6,8-9H2,1H3,(H,21,23). The van der Waals surface area contributed by atoms with Crippen LogP contribution >= 0.6 is 22.7 Å². The molecule has 3 heterocycles. The molecule has 1 amide bonds. The molecule has 1 unspecified atom stereocenters. The number of hydrogen-bond acceptors (Lipinski definition) is 5. The van der Waals surface area contributed by atoms with E-state index in [1.165, 1.54) is 15.3 Å². The maximum absolute atomic E-state index is 12.4. The van der Waals surface area contributed by atoms with Gasteiger partial charge in [-0.1, -0.05) is 0 Å². The number of fused-ring (bicyclic) bond motifs is 2. The minimum absolute atomic E-state index is 0.0136. The summed E-state index contributed by atoms with van der Waals surface area (Å²) in [6, 6.07) is 4.88. The fraction of sp³-hybridized carbons (Fsp3) is 0.474. The molecule has 1 atom stereocenters. The molecule has 0 spiro atoms. The minimum Gasteiger partial charge on any atom is -0.317 e. The molecule has 0 aromatic carbocycles. The molecule has 25 heavy (non-hydrogen) atoms. The Labute approximate surface area is 156 Å². The summed E-state index contributed by atoms with van der Waals surface area (Å²) < 4.78 is 0. The van der Waals surface area contributed by atoms with E-state index in [0.717, 1.165) is 49.3 Å². The van der Waals surface area contributed by atoms with Crippen molar-refractivity contribution in [2.75, 3.05) is 18.4 Å². The van der Waals surface area contributed by atoms with Gasteiger partial charge in [-0.3, -0.25) is 9.69 Å². The second-order valence-corrected chi connectivity index (χ2v) is 8.84. The highest BCUT2D eigenvalue weighted by Crippen LogP contribution is 2.38. The first-order valence-electron chi connectivity index (χ1n) is 8.82. The van der Waals surface area contributed by atoms with Crippen LogP contribution in [0, 0.1) is 11.3 Å². The lowest BCUT2D eigenvalue weighted by atomic mass is 10.0. The fourth-order valence-corrected chi connectivity index (χ4v) is 6.13. The average molecular weight is 372 g/mol. The van der Waals surface area contributed by atoms with Crippen molar-refractivity contribution < 1.29 is 4.79 Å². The van der Waals surface area contributed by atoms with Crippen LogP contribution < -0.4 is 5.32 Å². The van der Waals surface area contributed by atoms with E-state index >= 15 is 0 Å². The highest BCUT2D eigenvalue weighted by atomic mass is 32.1. The Hall–Kier alpha value is -1.68. The van der Waals surface area contributed by atoms with Gasteiger partial charge in [-0.25, -0.2) is 0 Å². The maximum atomic E-state index is 12.4. The van der Waals surface area contributed by atoms with E-state index in [0.29, 0.717) is 18.0 Å². The van der Waals surface area contributed by atoms with Crippen LogP contribution in [0.25, 0.3) is 0 Å². The molecule has 4 rings (SSSR count). The lowest BCUT2D eigenvalue weighted by Crippen LogP contribution is -2.35. The van der Waals surface area contributed by atoms with Crippen LogP contribution in [-0.4, -0.2) is 23.9 Å². The van der Waals surface area contributed by atoms with Gasteiger partial charge in [0.05, 0.1) is 5.56 Å². The van der Waals surface area contributed by atoms with Crippen LogP contribution in [0.1, 0.15) is 52.3 Å². The van der Waals surface area contributed by atoms with Crippen molar-refractivity contribution in [2.45, 2.75) is 45.1 Å². The van der Waals surface area contributed by atoms with Gasteiger partial charge in [0.2, 0.25) is 5.91 Å². The third-order valence-corrected chi connectivity index (χ3v) is 7.52. The summed E-state index contributed by atoms with van der Waals surface area (Å²) in [5.41, 5.74) is 3.27. The zero-order chi connectivity index (χ0) is 17.4. The van der Waals surface area contributed by atoms with Crippen molar-refractivity contribution in [3.8, 4) is 6.07 Å². The highest BCUT2D eigenvalue weighted by Gasteiger charge is 2.26. The van der Waals surface area contributed by atoms with E-state index in [4.69, 9.17) is 0 Å². The maximum Gasteiger partial charge on any atom is 0.226 e. The fourth-order valence-electron chi connectivity index (χ4n) is 3.91. The molecule has 0 saturated heterocycles. The van der Waals surface area contributed by atoms with Crippen LogP contribution in [0.4, 0.5) is 5.00 Å². The van der Waals surface area contributed by atoms with Gasteiger partial charge < -0.3 is 5.32 Å². The largest absolute Gasteiger partial charge is 0.317 e. The van der Waals surface area contributed by atoms with Crippen molar-refractivity contribution >= 4 is 33.6 Å². The molecular formula is C19H21N3OS2. The molecule has 0 bridgehead atoms. The van der Waals surface area contributed by atoms with Gasteiger partial charge in [0, 0.05) is 35.3 Å². The molecule has 0 fully saturated rings. The van der Waals surface area contributed by atoms with E-state index in [-0.39, 0.29) is 5.91 Å². The smallest absolute Gasteiger partial charge is 0.226 e. The summed E-state index contributed by atoms with van der Waals surface area (Å²) in [6.07, 6.45) is 4.69. The van der Waals surface area contributed by atoms with Crippen LogP contribution in [0.2, 0.25) is 0 Å². The zero-order valence-corrected chi connectivity index (χ0v) is 15.9. The van der Waals surface area contributed by atoms with Gasteiger partial charge >= 0.3 is 0 Å². The summed E-state index contributed by atoms with van der Waals surface area (Å²) in [5.74, 6) is 0.0136. The Kier molecular flexibility index (Phi) is 4.63. The van der Waals surface area contributed by atoms with E-state index in [2.05, 4.69) is 34.7 Å². The molecule has 2 aliphatic rings. The number of hydrogen-bond donors (Lipinski definition) is 1. The number of nitrogens with zero attached hydrogens (tertiary/aromatic N) is 2. The normalized spacial score (nSPS) is 19.3. The molecule has 2 aromatic rings. The van der Waals surface area contributed by atoms with Crippen molar-refractivity contribution in [1.29, 1.82) is 5.26 Å². The lowest BCUT2D eigenvalue weighted by Gasteiger charge is -2.33. The van der Waals surface area contributed by atoms with Crippen LogP contribution in [0.5, 0.6) is 0 Å². The Morgan fingerprint density at radius 1 is 1.40 bits per heavy atom. The number of amides is 1. The summed E-state index contributed by atoms with van der Waals surface area (Å²) >= 11 is 3.43. The van der Waals surface area contributed by atoms with Gasteiger partial charge in [0.1, 0.15) is 11.1 Å². The first-order valence-corrected chi connectivity index (χ1v) is 10.5. The van der Waals surface area contributed by atoms with Gasteiger partial charge in [-0.2, -0.15) is 5.26 Å². The minimum atomic E-state index is 0.0136. The van der Waals surface area contributed by atoms with Crippen molar-refractivity contribution in [1.82, 2.24) is 4.90 Å². The molecule has 1 N–H and O–H groups in total. The number of carbonyl (C=O) groups is 1. The Bertz CT molecular complexity index is 845. The summed E-state index contributed by atoms with van der Waals surface area (Å²) in [5, 5.41) is 15.3. The van der Waals surface area contributed by atoms with Gasteiger partial charge in [-0.05, 0) is 55.2 Å². The van der Waals surface area contributed by atoms with Gasteiger partial charge in [-0.15, -0.1) is 22.7 Å². The summed E-state index contributed by atoms with van der Waals surface area (Å²) in [4.78, 5) is 17.6. The molecule has 1 aliphatic heterocycles. The van der Waals surface area contributed by atoms with Crippen LogP contribution in [0.15, 0.2) is 11.4 Å². The Morgan fingerprint density at radius 3 is 3.12 bits per heavy atom. The number of carbonyl (C=O) groups excluding carboxylic acids is 1. The van der Waals surface area contributed by atoms with E-state index in [1.54, 1.807) is 11.3 Å². The Balaban J connectivity index is 1.37. The number of nitrogens with one attached hydrogen (secondary N) is 1. The summed E-state index contributed by atoms with van der Waals surface area (Å²) in [7, 11) is 0. The second kappa shape index (κ2) is 6.91. The molecule has 4 nitrogen and oxygen atoms in total. The number of nitriles is 1. The Morgan fingerprint density at radius 2 is 2.28 bits per heavy atom. The van der Waals surface area contributed by atoms with E-state index < -0.39 is 0 Å². The predicted octanol–water partition coefficient (Wildman–Crippen LogP) is 4.12. The van der Waals surface area contributed by atoms with Crippen molar-refractivity contribution in [2.24, 2.45) is 0 Å². The number of thiophene rings is 2. The topological polar surface area (TPSA) is 56.1 Å². The predicted molar refractivity (Wildman–Crippen MR) is 102 cm³/mol. The van der Waals surface area contributed by atoms with Crippen LogP contribution in [-0.2, 0) is 24.1 Å². The van der Waals surface area contributed by atoms with Crippen molar-refractivity contribution in [3.63, 3.8) is 0 Å².